The van der Waals surface area contributed by atoms with Crippen LogP contribution in [0.3, 0.4) is 0 Å². The van der Waals surface area contributed by atoms with Crippen molar-refractivity contribution in [2.75, 3.05) is 0 Å². The van der Waals surface area contributed by atoms with Gasteiger partial charge in [0.15, 0.2) is 0 Å². The Labute approximate surface area is 136 Å². The van der Waals surface area contributed by atoms with Crippen molar-refractivity contribution in [2.45, 2.75) is 52.9 Å². The zero-order chi connectivity index (χ0) is 15.9. The summed E-state index contributed by atoms with van der Waals surface area (Å²) in [7, 11) is 0. The SMILES string of the molecule is CCC(C)c1ccccc1[C](CCc1ccccc1)C(C)C. The lowest BCUT2D eigenvalue weighted by Gasteiger charge is -2.25. The highest BCUT2D eigenvalue weighted by Crippen LogP contribution is 2.34. The first kappa shape index (κ1) is 16.8. The normalized spacial score (nSPS) is 12.8. The highest BCUT2D eigenvalue weighted by Gasteiger charge is 2.21. The van der Waals surface area contributed by atoms with Crippen molar-refractivity contribution in [1.82, 2.24) is 0 Å². The Bertz CT molecular complexity index is 553. The Balaban J connectivity index is 2.21. The molecule has 2 aromatic carbocycles. The van der Waals surface area contributed by atoms with Crippen LogP contribution in [0.15, 0.2) is 54.6 Å². The van der Waals surface area contributed by atoms with Gasteiger partial charge >= 0.3 is 0 Å². The second-order valence-corrected chi connectivity index (χ2v) is 6.56. The molecule has 0 nitrogen and oxygen atoms in total. The van der Waals surface area contributed by atoms with Crippen LogP contribution in [0, 0.1) is 11.8 Å². The average Bonchev–Trinajstić information content (AvgIpc) is 2.55. The highest BCUT2D eigenvalue weighted by molar-refractivity contribution is 5.41. The number of hydrogen-bond acceptors (Lipinski definition) is 0. The Morgan fingerprint density at radius 3 is 2.14 bits per heavy atom. The van der Waals surface area contributed by atoms with Gasteiger partial charge in [0.2, 0.25) is 0 Å². The predicted molar refractivity (Wildman–Crippen MR) is 97.1 cm³/mol. The minimum atomic E-state index is 0.592. The molecule has 0 saturated carbocycles. The summed E-state index contributed by atoms with van der Waals surface area (Å²) in [5.74, 6) is 2.82. The maximum atomic E-state index is 2.34. The molecule has 1 unspecified atom stereocenters. The lowest BCUT2D eigenvalue weighted by Crippen LogP contribution is -2.13. The first-order chi connectivity index (χ1) is 10.6. The van der Waals surface area contributed by atoms with E-state index in [1.165, 1.54) is 23.1 Å². The smallest absolute Gasteiger partial charge is 0.00814 e. The third-order valence-electron chi connectivity index (χ3n) is 4.67. The van der Waals surface area contributed by atoms with Crippen LogP contribution in [0.4, 0.5) is 0 Å². The first-order valence-electron chi connectivity index (χ1n) is 8.62. The molecule has 2 rings (SSSR count). The molecule has 0 aliphatic carbocycles. The van der Waals surface area contributed by atoms with Gasteiger partial charge in [0.25, 0.3) is 0 Å². The van der Waals surface area contributed by atoms with Gasteiger partial charge in [-0.15, -0.1) is 0 Å². The quantitative estimate of drug-likeness (QED) is 0.553. The topological polar surface area (TPSA) is 0 Å². The lowest BCUT2D eigenvalue weighted by atomic mass is 9.79. The monoisotopic (exact) mass is 293 g/mol. The second-order valence-electron chi connectivity index (χ2n) is 6.56. The zero-order valence-electron chi connectivity index (χ0n) is 14.5. The summed E-state index contributed by atoms with van der Waals surface area (Å²) in [4.78, 5) is 0. The fourth-order valence-corrected chi connectivity index (χ4v) is 3.10. The van der Waals surface area contributed by atoms with E-state index in [1.54, 1.807) is 5.92 Å². The first-order valence-corrected chi connectivity index (χ1v) is 8.62. The van der Waals surface area contributed by atoms with Gasteiger partial charge in [0.05, 0.1) is 0 Å². The van der Waals surface area contributed by atoms with Gasteiger partial charge < -0.3 is 0 Å². The van der Waals surface area contributed by atoms with Crippen LogP contribution in [0.5, 0.6) is 0 Å². The van der Waals surface area contributed by atoms with E-state index in [2.05, 4.69) is 82.3 Å². The van der Waals surface area contributed by atoms with Crippen LogP contribution in [-0.4, -0.2) is 0 Å². The van der Waals surface area contributed by atoms with E-state index in [9.17, 15) is 0 Å². The minimum Gasteiger partial charge on any atom is -0.0648 e. The molecule has 0 fully saturated rings. The average molecular weight is 293 g/mol. The lowest BCUT2D eigenvalue weighted by molar-refractivity contribution is 0.614. The summed E-state index contributed by atoms with van der Waals surface area (Å²) < 4.78 is 0. The summed E-state index contributed by atoms with van der Waals surface area (Å²) in [6.07, 6.45) is 3.47. The molecule has 0 spiro atoms. The molecule has 0 aliphatic rings. The Kier molecular flexibility index (Phi) is 6.24. The molecule has 0 N–H and O–H groups in total. The molecule has 0 heteroatoms. The maximum Gasteiger partial charge on any atom is 0.00814 e. The highest BCUT2D eigenvalue weighted by atomic mass is 14.2. The van der Waals surface area contributed by atoms with E-state index >= 15 is 0 Å². The van der Waals surface area contributed by atoms with Crippen molar-refractivity contribution in [3.63, 3.8) is 0 Å². The molecule has 0 saturated heterocycles. The summed E-state index contributed by atoms with van der Waals surface area (Å²) in [5.41, 5.74) is 4.44. The molecule has 1 radical (unpaired) electrons. The van der Waals surface area contributed by atoms with Gasteiger partial charge in [0.1, 0.15) is 0 Å². The van der Waals surface area contributed by atoms with Crippen LogP contribution in [0.2, 0.25) is 0 Å². The molecule has 117 valence electrons. The van der Waals surface area contributed by atoms with Gasteiger partial charge in [-0.1, -0.05) is 82.3 Å². The van der Waals surface area contributed by atoms with Gasteiger partial charge in [-0.2, -0.15) is 0 Å². The summed E-state index contributed by atoms with van der Waals surface area (Å²) in [5, 5.41) is 0. The number of aryl methyl sites for hydroxylation is 1. The Morgan fingerprint density at radius 1 is 0.864 bits per heavy atom. The standard InChI is InChI=1S/C22H29/c1-5-18(4)21-13-9-10-14-22(21)20(17(2)3)16-15-19-11-7-6-8-12-19/h6-14,17-18H,5,15-16H2,1-4H3. The van der Waals surface area contributed by atoms with Crippen LogP contribution >= 0.6 is 0 Å². The van der Waals surface area contributed by atoms with Gasteiger partial charge in [-0.3, -0.25) is 0 Å². The fraction of sp³-hybridized carbons (Fsp3) is 0.409. The fourth-order valence-electron chi connectivity index (χ4n) is 3.10. The van der Waals surface area contributed by atoms with Crippen molar-refractivity contribution in [3.8, 4) is 0 Å². The Hall–Kier alpha value is -1.56. The van der Waals surface area contributed by atoms with Crippen molar-refractivity contribution in [3.05, 3.63) is 77.2 Å². The zero-order valence-corrected chi connectivity index (χ0v) is 14.5. The number of benzene rings is 2. The van der Waals surface area contributed by atoms with Gasteiger partial charge in [-0.05, 0) is 47.8 Å². The third-order valence-corrected chi connectivity index (χ3v) is 4.67. The molecular formula is C22H29. The van der Waals surface area contributed by atoms with Crippen LogP contribution in [0.1, 0.15) is 63.1 Å². The van der Waals surface area contributed by atoms with Crippen molar-refractivity contribution in [1.29, 1.82) is 0 Å². The van der Waals surface area contributed by atoms with Crippen molar-refractivity contribution < 1.29 is 0 Å². The molecule has 0 aliphatic heterocycles. The maximum absolute atomic E-state index is 2.34. The Morgan fingerprint density at radius 2 is 1.50 bits per heavy atom. The minimum absolute atomic E-state index is 0.592. The van der Waals surface area contributed by atoms with Gasteiger partial charge in [-0.25, -0.2) is 0 Å². The van der Waals surface area contributed by atoms with E-state index in [1.807, 2.05) is 0 Å². The summed E-state index contributed by atoms with van der Waals surface area (Å²) in [6, 6.07) is 19.8. The molecule has 22 heavy (non-hydrogen) atoms. The summed E-state index contributed by atoms with van der Waals surface area (Å²) in [6.45, 7) is 9.27. The molecule has 0 bridgehead atoms. The van der Waals surface area contributed by atoms with Crippen molar-refractivity contribution >= 4 is 0 Å². The predicted octanol–water partition coefficient (Wildman–Crippen LogP) is 6.41. The van der Waals surface area contributed by atoms with Crippen LogP contribution < -0.4 is 0 Å². The molecule has 1 atom stereocenters. The summed E-state index contributed by atoms with van der Waals surface area (Å²) >= 11 is 0. The van der Waals surface area contributed by atoms with Crippen molar-refractivity contribution in [2.24, 2.45) is 5.92 Å². The van der Waals surface area contributed by atoms with Crippen LogP contribution in [0.25, 0.3) is 0 Å². The van der Waals surface area contributed by atoms with E-state index in [0.29, 0.717) is 11.8 Å². The van der Waals surface area contributed by atoms with E-state index in [-0.39, 0.29) is 0 Å². The van der Waals surface area contributed by atoms with E-state index in [0.717, 1.165) is 12.8 Å². The molecule has 2 aromatic rings. The largest absolute Gasteiger partial charge is 0.0648 e. The van der Waals surface area contributed by atoms with E-state index < -0.39 is 0 Å². The third kappa shape index (κ3) is 4.22. The molecule has 0 amide bonds. The molecular weight excluding hydrogens is 264 g/mol. The number of hydrogen-bond donors (Lipinski definition) is 0. The van der Waals surface area contributed by atoms with E-state index in [4.69, 9.17) is 0 Å². The number of rotatable bonds is 7. The van der Waals surface area contributed by atoms with Crippen LogP contribution in [-0.2, 0) is 6.42 Å². The molecule has 0 aromatic heterocycles. The van der Waals surface area contributed by atoms with Gasteiger partial charge in [0, 0.05) is 5.92 Å². The molecule has 0 heterocycles. The second kappa shape index (κ2) is 8.17.